The molecule has 1 aromatic heterocycles. The van der Waals surface area contributed by atoms with Crippen LogP contribution in [0.15, 0.2) is 48.5 Å². The predicted molar refractivity (Wildman–Crippen MR) is 94.1 cm³/mol. The van der Waals surface area contributed by atoms with Gasteiger partial charge in [-0.3, -0.25) is 9.78 Å². The minimum Gasteiger partial charge on any atom is -0.497 e. The first-order chi connectivity index (χ1) is 11.5. The Balaban J connectivity index is 1.93. The quantitative estimate of drug-likeness (QED) is 0.745. The van der Waals surface area contributed by atoms with Crippen molar-refractivity contribution < 1.29 is 14.6 Å². The molecule has 24 heavy (non-hydrogen) atoms. The molecule has 5 nitrogen and oxygen atoms in total. The number of aliphatic carboxylic acids is 1. The zero-order chi connectivity index (χ0) is 17.1. The van der Waals surface area contributed by atoms with Gasteiger partial charge in [-0.15, -0.1) is 0 Å². The van der Waals surface area contributed by atoms with Crippen molar-refractivity contribution >= 4 is 28.2 Å². The minimum absolute atomic E-state index is 0.0252. The number of carboxylic acid groups (broad SMARTS) is 1. The third kappa shape index (κ3) is 3.46. The summed E-state index contributed by atoms with van der Waals surface area (Å²) in [4.78, 5) is 15.3. The van der Waals surface area contributed by atoms with E-state index in [-0.39, 0.29) is 6.42 Å². The summed E-state index contributed by atoms with van der Waals surface area (Å²) in [5.41, 5.74) is 4.38. The smallest absolute Gasteiger partial charge is 0.307 e. The highest BCUT2D eigenvalue weighted by atomic mass is 16.5. The Morgan fingerprint density at radius 1 is 1.17 bits per heavy atom. The van der Waals surface area contributed by atoms with Gasteiger partial charge in [-0.2, -0.15) is 0 Å². The maximum atomic E-state index is 10.7. The van der Waals surface area contributed by atoms with Gasteiger partial charge >= 0.3 is 5.97 Å². The van der Waals surface area contributed by atoms with Crippen molar-refractivity contribution in [1.82, 2.24) is 4.98 Å². The van der Waals surface area contributed by atoms with Gasteiger partial charge in [0.15, 0.2) is 0 Å². The Hall–Kier alpha value is -3.08. The van der Waals surface area contributed by atoms with Crippen molar-refractivity contribution in [2.75, 3.05) is 12.4 Å². The van der Waals surface area contributed by atoms with Gasteiger partial charge in [0.05, 0.1) is 19.0 Å². The van der Waals surface area contributed by atoms with Gasteiger partial charge in [0, 0.05) is 28.5 Å². The van der Waals surface area contributed by atoms with Crippen LogP contribution in [0.2, 0.25) is 0 Å². The molecule has 0 aliphatic heterocycles. The summed E-state index contributed by atoms with van der Waals surface area (Å²) in [6, 6.07) is 15.2. The van der Waals surface area contributed by atoms with Gasteiger partial charge in [-0.1, -0.05) is 12.1 Å². The lowest BCUT2D eigenvalue weighted by Gasteiger charge is -2.12. The summed E-state index contributed by atoms with van der Waals surface area (Å²) in [6.07, 6.45) is 0.0252. The van der Waals surface area contributed by atoms with Crippen LogP contribution in [0.3, 0.4) is 0 Å². The second-order valence-corrected chi connectivity index (χ2v) is 5.59. The molecule has 0 bridgehead atoms. The van der Waals surface area contributed by atoms with E-state index in [1.165, 1.54) is 0 Å². The number of pyridine rings is 1. The normalized spacial score (nSPS) is 10.6. The Labute approximate surface area is 139 Å². The van der Waals surface area contributed by atoms with Crippen LogP contribution in [0, 0.1) is 6.92 Å². The molecular formula is C19H18N2O3. The molecular weight excluding hydrogens is 304 g/mol. The molecule has 3 aromatic rings. The molecule has 0 aliphatic carbocycles. The topological polar surface area (TPSA) is 71.5 Å². The maximum Gasteiger partial charge on any atom is 0.307 e. The number of hydrogen-bond donors (Lipinski definition) is 2. The molecule has 122 valence electrons. The SMILES string of the molecule is COc1ccc2c(Nc3ccc(CC(=O)O)cc3)cc(C)nc2c1. The number of carbonyl (C=O) groups is 1. The van der Waals surface area contributed by atoms with Crippen molar-refractivity contribution in [3.05, 3.63) is 59.8 Å². The first-order valence-corrected chi connectivity index (χ1v) is 7.58. The van der Waals surface area contributed by atoms with Crippen molar-refractivity contribution in [2.24, 2.45) is 0 Å². The largest absolute Gasteiger partial charge is 0.497 e. The first-order valence-electron chi connectivity index (χ1n) is 7.58. The van der Waals surface area contributed by atoms with E-state index in [4.69, 9.17) is 9.84 Å². The molecule has 0 fully saturated rings. The van der Waals surface area contributed by atoms with E-state index in [9.17, 15) is 4.79 Å². The molecule has 2 N–H and O–H groups in total. The van der Waals surface area contributed by atoms with Crippen molar-refractivity contribution in [3.8, 4) is 5.75 Å². The lowest BCUT2D eigenvalue weighted by molar-refractivity contribution is -0.136. The maximum absolute atomic E-state index is 10.7. The third-order valence-electron chi connectivity index (χ3n) is 3.73. The van der Waals surface area contributed by atoms with Crippen LogP contribution in [0.25, 0.3) is 10.9 Å². The van der Waals surface area contributed by atoms with E-state index in [0.29, 0.717) is 0 Å². The summed E-state index contributed by atoms with van der Waals surface area (Å²) < 4.78 is 5.26. The van der Waals surface area contributed by atoms with E-state index in [1.807, 2.05) is 55.5 Å². The van der Waals surface area contributed by atoms with Crippen LogP contribution in [0.1, 0.15) is 11.3 Å². The van der Waals surface area contributed by atoms with E-state index < -0.39 is 5.97 Å². The van der Waals surface area contributed by atoms with E-state index in [2.05, 4.69) is 10.3 Å². The van der Waals surface area contributed by atoms with Crippen molar-refractivity contribution in [1.29, 1.82) is 0 Å². The molecule has 0 aliphatic rings. The van der Waals surface area contributed by atoms with Gasteiger partial charge in [-0.05, 0) is 42.8 Å². The number of nitrogens with one attached hydrogen (secondary N) is 1. The average molecular weight is 322 g/mol. The molecule has 0 amide bonds. The number of aromatic nitrogens is 1. The number of benzene rings is 2. The lowest BCUT2D eigenvalue weighted by atomic mass is 10.1. The molecule has 0 saturated heterocycles. The van der Waals surface area contributed by atoms with Gasteiger partial charge in [0.25, 0.3) is 0 Å². The molecule has 5 heteroatoms. The van der Waals surface area contributed by atoms with Crippen LogP contribution in [-0.4, -0.2) is 23.2 Å². The number of ether oxygens (including phenoxy) is 1. The summed E-state index contributed by atoms with van der Waals surface area (Å²) in [5.74, 6) is -0.0648. The lowest BCUT2D eigenvalue weighted by Crippen LogP contribution is -2.00. The summed E-state index contributed by atoms with van der Waals surface area (Å²) in [6.45, 7) is 1.94. The average Bonchev–Trinajstić information content (AvgIpc) is 2.55. The minimum atomic E-state index is -0.833. The number of methoxy groups -OCH3 is 1. The highest BCUT2D eigenvalue weighted by Crippen LogP contribution is 2.29. The standard InChI is InChI=1S/C19H18N2O3/c1-12-9-17(16-8-7-15(24-2)11-18(16)20-12)21-14-5-3-13(4-6-14)10-19(22)23/h3-9,11H,10H2,1-2H3,(H,20,21)(H,22,23). The van der Waals surface area contributed by atoms with Crippen LogP contribution >= 0.6 is 0 Å². The molecule has 0 spiro atoms. The van der Waals surface area contributed by atoms with E-state index >= 15 is 0 Å². The number of rotatable bonds is 5. The number of hydrogen-bond acceptors (Lipinski definition) is 4. The summed E-state index contributed by atoms with van der Waals surface area (Å²) >= 11 is 0. The van der Waals surface area contributed by atoms with Gasteiger partial charge in [0.1, 0.15) is 5.75 Å². The Morgan fingerprint density at radius 3 is 2.58 bits per heavy atom. The molecule has 0 unspecified atom stereocenters. The highest BCUT2D eigenvalue weighted by molar-refractivity contribution is 5.94. The molecule has 3 rings (SSSR count). The predicted octanol–water partition coefficient (Wildman–Crippen LogP) is 3.92. The van der Waals surface area contributed by atoms with E-state index in [0.717, 1.165) is 39.3 Å². The zero-order valence-electron chi connectivity index (χ0n) is 13.5. The first kappa shape index (κ1) is 15.8. The Morgan fingerprint density at radius 2 is 1.92 bits per heavy atom. The zero-order valence-corrected chi connectivity index (χ0v) is 13.5. The number of nitrogens with zero attached hydrogens (tertiary/aromatic N) is 1. The fourth-order valence-electron chi connectivity index (χ4n) is 2.61. The van der Waals surface area contributed by atoms with Gasteiger partial charge in [0.2, 0.25) is 0 Å². The van der Waals surface area contributed by atoms with E-state index in [1.54, 1.807) is 7.11 Å². The fourth-order valence-corrected chi connectivity index (χ4v) is 2.61. The van der Waals surface area contributed by atoms with Gasteiger partial charge < -0.3 is 15.2 Å². The second-order valence-electron chi connectivity index (χ2n) is 5.59. The number of fused-ring (bicyclic) bond motifs is 1. The molecule has 2 aromatic carbocycles. The summed E-state index contributed by atoms with van der Waals surface area (Å²) in [7, 11) is 1.63. The monoisotopic (exact) mass is 322 g/mol. The number of aryl methyl sites for hydroxylation is 1. The number of carboxylic acids is 1. The molecule has 0 atom stereocenters. The fraction of sp³-hybridized carbons (Fsp3) is 0.158. The summed E-state index contributed by atoms with van der Waals surface area (Å²) in [5, 5.41) is 13.2. The highest BCUT2D eigenvalue weighted by Gasteiger charge is 2.07. The Kier molecular flexibility index (Phi) is 4.33. The van der Waals surface area contributed by atoms with Crippen molar-refractivity contribution in [2.45, 2.75) is 13.3 Å². The number of anilines is 2. The second kappa shape index (κ2) is 6.58. The third-order valence-corrected chi connectivity index (χ3v) is 3.73. The van der Waals surface area contributed by atoms with Crippen LogP contribution in [0.5, 0.6) is 5.75 Å². The van der Waals surface area contributed by atoms with Crippen molar-refractivity contribution in [3.63, 3.8) is 0 Å². The Bertz CT molecular complexity index is 889. The molecule has 0 radical (unpaired) electrons. The molecule has 1 heterocycles. The van der Waals surface area contributed by atoms with Gasteiger partial charge in [-0.25, -0.2) is 0 Å². The molecule has 0 saturated carbocycles. The van der Waals surface area contributed by atoms with Crippen LogP contribution < -0.4 is 10.1 Å². The van der Waals surface area contributed by atoms with Crippen LogP contribution in [0.4, 0.5) is 11.4 Å². The van der Waals surface area contributed by atoms with Crippen LogP contribution in [-0.2, 0) is 11.2 Å².